The lowest BCUT2D eigenvalue weighted by atomic mass is 10.0. The van der Waals surface area contributed by atoms with E-state index in [0.29, 0.717) is 12.2 Å². The lowest BCUT2D eigenvalue weighted by Crippen LogP contribution is -2.30. The van der Waals surface area contributed by atoms with Crippen LogP contribution in [-0.2, 0) is 0 Å². The molecule has 4 heteroatoms. The molecule has 0 aliphatic rings. The van der Waals surface area contributed by atoms with Crippen molar-refractivity contribution in [3.05, 3.63) is 54.1 Å². The van der Waals surface area contributed by atoms with Crippen molar-refractivity contribution in [3.63, 3.8) is 0 Å². The highest BCUT2D eigenvalue weighted by Crippen LogP contribution is 2.30. The fourth-order valence-corrected chi connectivity index (χ4v) is 2.16. The minimum absolute atomic E-state index is 0.198. The second kappa shape index (κ2) is 7.61. The van der Waals surface area contributed by atoms with Gasteiger partial charge in [-0.05, 0) is 37.6 Å². The monoisotopic (exact) mass is 299 g/mol. The van der Waals surface area contributed by atoms with E-state index in [-0.39, 0.29) is 12.5 Å². The van der Waals surface area contributed by atoms with Crippen LogP contribution in [0.15, 0.2) is 48.5 Å². The quantitative estimate of drug-likeness (QED) is 0.862. The summed E-state index contributed by atoms with van der Waals surface area (Å²) < 4.78 is 5.64. The van der Waals surface area contributed by atoms with Crippen molar-refractivity contribution in [2.45, 2.75) is 20.0 Å². The predicted molar refractivity (Wildman–Crippen MR) is 87.1 cm³/mol. The second-order valence-electron chi connectivity index (χ2n) is 5.07. The average molecular weight is 299 g/mol. The molecule has 0 aromatic heterocycles. The Morgan fingerprint density at radius 3 is 2.73 bits per heavy atom. The fourth-order valence-electron chi connectivity index (χ4n) is 2.16. The molecule has 0 saturated heterocycles. The van der Waals surface area contributed by atoms with Crippen LogP contribution in [0.25, 0.3) is 11.1 Å². The Balaban J connectivity index is 2.27. The molecule has 0 aliphatic carbocycles. The Hall–Kier alpha value is -2.33. The molecule has 0 aliphatic heterocycles. The third-order valence-electron chi connectivity index (χ3n) is 3.18. The molecule has 0 bridgehead atoms. The first-order valence-electron chi connectivity index (χ1n) is 7.40. The first-order chi connectivity index (χ1) is 10.6. The maximum atomic E-state index is 12.1. The smallest absolute Gasteiger partial charge is 0.251 e. The standard InChI is InChI=1S/C18H21NO3/c1-3-22-17-10-5-4-9-16(17)14-7-6-8-15(11-14)18(21)19-12-13(2)20/h4-11,13,20H,3,12H2,1-2H3,(H,19,21). The molecule has 0 saturated carbocycles. The third-order valence-corrected chi connectivity index (χ3v) is 3.18. The average Bonchev–Trinajstić information content (AvgIpc) is 2.53. The summed E-state index contributed by atoms with van der Waals surface area (Å²) >= 11 is 0. The molecule has 1 atom stereocenters. The van der Waals surface area contributed by atoms with Crippen molar-refractivity contribution in [1.29, 1.82) is 0 Å². The molecule has 2 rings (SSSR count). The zero-order valence-electron chi connectivity index (χ0n) is 12.9. The van der Waals surface area contributed by atoms with E-state index in [2.05, 4.69) is 5.32 Å². The molecule has 0 radical (unpaired) electrons. The SMILES string of the molecule is CCOc1ccccc1-c1cccc(C(=O)NCC(C)O)c1. The Morgan fingerprint density at radius 1 is 1.23 bits per heavy atom. The molecule has 1 amide bonds. The van der Waals surface area contributed by atoms with Crippen LogP contribution in [0.4, 0.5) is 0 Å². The Morgan fingerprint density at radius 2 is 2.00 bits per heavy atom. The van der Waals surface area contributed by atoms with Crippen molar-refractivity contribution in [2.24, 2.45) is 0 Å². The Labute approximate surface area is 130 Å². The first kappa shape index (κ1) is 16.0. The van der Waals surface area contributed by atoms with Crippen molar-refractivity contribution in [3.8, 4) is 16.9 Å². The molecular formula is C18H21NO3. The summed E-state index contributed by atoms with van der Waals surface area (Å²) in [5.74, 6) is 0.600. The molecule has 0 fully saturated rings. The topological polar surface area (TPSA) is 58.6 Å². The van der Waals surface area contributed by atoms with Gasteiger partial charge in [0.2, 0.25) is 0 Å². The molecule has 0 spiro atoms. The molecule has 1 unspecified atom stereocenters. The van der Waals surface area contributed by atoms with Crippen molar-refractivity contribution in [2.75, 3.05) is 13.2 Å². The highest BCUT2D eigenvalue weighted by molar-refractivity contribution is 5.95. The van der Waals surface area contributed by atoms with E-state index in [1.165, 1.54) is 0 Å². The van der Waals surface area contributed by atoms with Gasteiger partial charge in [0.05, 0.1) is 12.7 Å². The normalized spacial score (nSPS) is 11.8. The van der Waals surface area contributed by atoms with Gasteiger partial charge in [0.25, 0.3) is 5.91 Å². The number of para-hydroxylation sites is 1. The molecule has 4 nitrogen and oxygen atoms in total. The second-order valence-corrected chi connectivity index (χ2v) is 5.07. The van der Waals surface area contributed by atoms with Crippen molar-refractivity contribution < 1.29 is 14.6 Å². The number of carbonyl (C=O) groups excluding carboxylic acids is 1. The lowest BCUT2D eigenvalue weighted by Gasteiger charge is -2.12. The van der Waals surface area contributed by atoms with Crippen LogP contribution in [0.3, 0.4) is 0 Å². The van der Waals surface area contributed by atoms with Gasteiger partial charge in [-0.3, -0.25) is 4.79 Å². The van der Waals surface area contributed by atoms with Gasteiger partial charge >= 0.3 is 0 Å². The molecule has 2 aromatic carbocycles. The summed E-state index contributed by atoms with van der Waals surface area (Å²) in [5.41, 5.74) is 2.44. The maximum absolute atomic E-state index is 12.1. The van der Waals surface area contributed by atoms with E-state index in [4.69, 9.17) is 4.74 Å². The van der Waals surface area contributed by atoms with E-state index in [9.17, 15) is 9.90 Å². The number of benzene rings is 2. The zero-order chi connectivity index (χ0) is 15.9. The number of aliphatic hydroxyl groups excluding tert-OH is 1. The maximum Gasteiger partial charge on any atom is 0.251 e. The summed E-state index contributed by atoms with van der Waals surface area (Å²) in [4.78, 5) is 12.1. The zero-order valence-corrected chi connectivity index (χ0v) is 12.9. The molecular weight excluding hydrogens is 278 g/mol. The third kappa shape index (κ3) is 4.09. The molecule has 116 valence electrons. The van der Waals surface area contributed by atoms with Gasteiger partial charge in [-0.2, -0.15) is 0 Å². The van der Waals surface area contributed by atoms with Crippen LogP contribution < -0.4 is 10.1 Å². The van der Waals surface area contributed by atoms with Crippen LogP contribution in [0, 0.1) is 0 Å². The van der Waals surface area contributed by atoms with Gasteiger partial charge in [-0.25, -0.2) is 0 Å². The number of ether oxygens (including phenoxy) is 1. The van der Waals surface area contributed by atoms with Crippen molar-refractivity contribution in [1.82, 2.24) is 5.32 Å². The summed E-state index contributed by atoms with van der Waals surface area (Å²) in [6.45, 7) is 4.40. The minimum Gasteiger partial charge on any atom is -0.493 e. The predicted octanol–water partition coefficient (Wildman–Crippen LogP) is 2.86. The first-order valence-corrected chi connectivity index (χ1v) is 7.40. The summed E-state index contributed by atoms with van der Waals surface area (Å²) in [7, 11) is 0. The number of amides is 1. The molecule has 22 heavy (non-hydrogen) atoms. The number of nitrogens with one attached hydrogen (secondary N) is 1. The molecule has 2 N–H and O–H groups in total. The van der Waals surface area contributed by atoms with Crippen LogP contribution in [-0.4, -0.2) is 30.3 Å². The van der Waals surface area contributed by atoms with Gasteiger partial charge in [0, 0.05) is 17.7 Å². The van der Waals surface area contributed by atoms with Gasteiger partial charge in [0.1, 0.15) is 5.75 Å². The van der Waals surface area contributed by atoms with E-state index < -0.39 is 6.10 Å². The van der Waals surface area contributed by atoms with E-state index >= 15 is 0 Å². The van der Waals surface area contributed by atoms with Gasteiger partial charge in [0.15, 0.2) is 0 Å². The van der Waals surface area contributed by atoms with Crippen LogP contribution in [0.1, 0.15) is 24.2 Å². The van der Waals surface area contributed by atoms with E-state index in [1.54, 1.807) is 13.0 Å². The van der Waals surface area contributed by atoms with Crippen LogP contribution in [0.2, 0.25) is 0 Å². The number of hydrogen-bond donors (Lipinski definition) is 2. The van der Waals surface area contributed by atoms with E-state index in [1.807, 2.05) is 49.4 Å². The number of aliphatic hydroxyl groups is 1. The molecule has 0 heterocycles. The van der Waals surface area contributed by atoms with E-state index in [0.717, 1.165) is 16.9 Å². The summed E-state index contributed by atoms with van der Waals surface area (Å²) in [5, 5.41) is 11.9. The highest BCUT2D eigenvalue weighted by atomic mass is 16.5. The Kier molecular flexibility index (Phi) is 5.55. The Bertz CT molecular complexity index is 638. The van der Waals surface area contributed by atoms with Crippen LogP contribution in [0.5, 0.6) is 5.75 Å². The number of rotatable bonds is 6. The lowest BCUT2D eigenvalue weighted by molar-refractivity contribution is 0.0924. The molecule has 2 aromatic rings. The van der Waals surface area contributed by atoms with Gasteiger partial charge < -0.3 is 15.2 Å². The summed E-state index contributed by atoms with van der Waals surface area (Å²) in [6, 6.07) is 15.1. The fraction of sp³-hybridized carbons (Fsp3) is 0.278. The van der Waals surface area contributed by atoms with Gasteiger partial charge in [-0.1, -0.05) is 30.3 Å². The van der Waals surface area contributed by atoms with Gasteiger partial charge in [-0.15, -0.1) is 0 Å². The summed E-state index contributed by atoms with van der Waals surface area (Å²) in [6.07, 6.45) is -0.564. The highest BCUT2D eigenvalue weighted by Gasteiger charge is 2.10. The number of hydrogen-bond acceptors (Lipinski definition) is 3. The van der Waals surface area contributed by atoms with Crippen LogP contribution >= 0.6 is 0 Å². The minimum atomic E-state index is -0.564. The largest absolute Gasteiger partial charge is 0.493 e. The van der Waals surface area contributed by atoms with Crippen molar-refractivity contribution >= 4 is 5.91 Å². The number of carbonyl (C=O) groups is 1.